The first-order chi connectivity index (χ1) is 9.17. The van der Waals surface area contributed by atoms with Crippen LogP contribution in [0.5, 0.6) is 0 Å². The van der Waals surface area contributed by atoms with Gasteiger partial charge in [-0.25, -0.2) is 0 Å². The van der Waals surface area contributed by atoms with E-state index in [1.165, 1.54) is 6.92 Å². The fourth-order valence-corrected chi connectivity index (χ4v) is 2.46. The minimum absolute atomic E-state index is 0.00204. The highest BCUT2D eigenvalue weighted by Crippen LogP contribution is 2.26. The number of ketones is 1. The number of amides is 1. The molecule has 0 bridgehead atoms. The lowest BCUT2D eigenvalue weighted by molar-refractivity contribution is -0.117. The summed E-state index contributed by atoms with van der Waals surface area (Å²) in [7, 11) is 0. The lowest BCUT2D eigenvalue weighted by Crippen LogP contribution is -2.19. The van der Waals surface area contributed by atoms with E-state index in [-0.39, 0.29) is 17.1 Å². The van der Waals surface area contributed by atoms with Crippen LogP contribution in [0.1, 0.15) is 57.8 Å². The van der Waals surface area contributed by atoms with E-state index < -0.39 is 0 Å². The summed E-state index contributed by atoms with van der Waals surface area (Å²) in [5, 5.41) is 2.86. The van der Waals surface area contributed by atoms with Crippen molar-refractivity contribution < 1.29 is 9.59 Å². The summed E-state index contributed by atoms with van der Waals surface area (Å²) in [6.45, 7) is 10.1. The number of benzene rings is 1. The molecule has 0 unspecified atom stereocenters. The van der Waals surface area contributed by atoms with Crippen LogP contribution in [0.15, 0.2) is 24.3 Å². The van der Waals surface area contributed by atoms with Gasteiger partial charge in [-0.3, -0.25) is 9.59 Å². The first-order valence-electron chi connectivity index (χ1n) is 7.08. The largest absolute Gasteiger partial charge is 0.326 e. The summed E-state index contributed by atoms with van der Waals surface area (Å²) in [4.78, 5) is 23.3. The average molecular weight is 275 g/mol. The van der Waals surface area contributed by atoms with Gasteiger partial charge in [0.15, 0.2) is 5.78 Å². The molecule has 1 rings (SSSR count). The summed E-state index contributed by atoms with van der Waals surface area (Å²) in [6, 6.07) is 7.05. The fourth-order valence-electron chi connectivity index (χ4n) is 2.46. The molecule has 110 valence electrons. The predicted molar refractivity (Wildman–Crippen MR) is 82.9 cm³/mol. The van der Waals surface area contributed by atoms with Crippen LogP contribution in [0.4, 0.5) is 5.69 Å². The zero-order chi connectivity index (χ0) is 15.3. The maximum atomic E-state index is 12.0. The molecule has 1 amide bonds. The van der Waals surface area contributed by atoms with Crippen molar-refractivity contribution in [3.05, 3.63) is 29.8 Å². The van der Waals surface area contributed by atoms with E-state index in [1.807, 2.05) is 0 Å². The Labute approximate surface area is 121 Å². The molecule has 0 aliphatic rings. The maximum Gasteiger partial charge on any atom is 0.224 e. The molecule has 0 aromatic heterocycles. The molecule has 3 nitrogen and oxygen atoms in total. The number of nitrogens with one attached hydrogen (secondary N) is 1. The van der Waals surface area contributed by atoms with Crippen LogP contribution >= 0.6 is 0 Å². The van der Waals surface area contributed by atoms with Crippen LogP contribution < -0.4 is 5.32 Å². The third-order valence-electron chi connectivity index (χ3n) is 3.05. The maximum absolute atomic E-state index is 12.0. The SMILES string of the molecule is CC(=O)c1cccc(NC(=O)C[C@@H](C)CC(C)(C)C)c1. The molecule has 3 heteroatoms. The van der Waals surface area contributed by atoms with E-state index in [1.54, 1.807) is 24.3 Å². The first kappa shape index (κ1) is 16.4. The molecule has 1 atom stereocenters. The molecule has 0 heterocycles. The first-order valence-corrected chi connectivity index (χ1v) is 7.08. The Balaban J connectivity index is 2.58. The summed E-state index contributed by atoms with van der Waals surface area (Å²) in [6.07, 6.45) is 1.51. The fraction of sp³-hybridized carbons (Fsp3) is 0.529. The highest BCUT2D eigenvalue weighted by Gasteiger charge is 2.17. The Morgan fingerprint density at radius 2 is 1.90 bits per heavy atom. The molecule has 1 N–H and O–H groups in total. The van der Waals surface area contributed by atoms with Crippen molar-refractivity contribution in [1.29, 1.82) is 0 Å². The number of anilines is 1. The molecule has 20 heavy (non-hydrogen) atoms. The van der Waals surface area contributed by atoms with Gasteiger partial charge in [0.2, 0.25) is 5.91 Å². The van der Waals surface area contributed by atoms with Gasteiger partial charge in [0, 0.05) is 17.7 Å². The molecule has 0 saturated heterocycles. The lowest BCUT2D eigenvalue weighted by atomic mass is 9.84. The van der Waals surface area contributed by atoms with Gasteiger partial charge < -0.3 is 5.32 Å². The van der Waals surface area contributed by atoms with E-state index in [9.17, 15) is 9.59 Å². The van der Waals surface area contributed by atoms with Crippen molar-refractivity contribution in [2.24, 2.45) is 11.3 Å². The Bertz CT molecular complexity index is 486. The van der Waals surface area contributed by atoms with Crippen LogP contribution in [0.25, 0.3) is 0 Å². The van der Waals surface area contributed by atoms with Crippen LogP contribution in [-0.4, -0.2) is 11.7 Å². The topological polar surface area (TPSA) is 46.2 Å². The standard InChI is InChI=1S/C17H25NO2/c1-12(11-17(3,4)5)9-16(20)18-15-8-6-7-14(10-15)13(2)19/h6-8,10,12H,9,11H2,1-5H3,(H,18,20)/t12-/m1/s1. The molecular formula is C17H25NO2. The second-order valence-electron chi connectivity index (χ2n) is 6.76. The minimum atomic E-state index is 0.00204. The van der Waals surface area contributed by atoms with Gasteiger partial charge in [-0.2, -0.15) is 0 Å². The number of carbonyl (C=O) groups excluding carboxylic acids is 2. The number of carbonyl (C=O) groups is 2. The number of Topliss-reactive ketones (excluding diaryl/α,β-unsaturated/α-hetero) is 1. The number of rotatable bonds is 5. The second-order valence-corrected chi connectivity index (χ2v) is 6.76. The van der Waals surface area contributed by atoms with Gasteiger partial charge in [0.05, 0.1) is 0 Å². The molecular weight excluding hydrogens is 250 g/mol. The molecule has 0 aliphatic heterocycles. The highest BCUT2D eigenvalue weighted by atomic mass is 16.1. The van der Waals surface area contributed by atoms with Crippen LogP contribution in [0.2, 0.25) is 0 Å². The normalized spacial score (nSPS) is 12.8. The molecule has 0 aliphatic carbocycles. The summed E-state index contributed by atoms with van der Waals surface area (Å²) in [5.41, 5.74) is 1.53. The van der Waals surface area contributed by atoms with Crippen molar-refractivity contribution in [3.63, 3.8) is 0 Å². The van der Waals surface area contributed by atoms with Gasteiger partial charge in [-0.15, -0.1) is 0 Å². The summed E-state index contributed by atoms with van der Waals surface area (Å²) < 4.78 is 0. The Kier molecular flexibility index (Phi) is 5.49. The van der Waals surface area contributed by atoms with E-state index in [0.29, 0.717) is 23.6 Å². The second kappa shape index (κ2) is 6.69. The monoisotopic (exact) mass is 275 g/mol. The quantitative estimate of drug-likeness (QED) is 0.815. The average Bonchev–Trinajstić information content (AvgIpc) is 2.25. The zero-order valence-electron chi connectivity index (χ0n) is 13.1. The Morgan fingerprint density at radius 3 is 2.45 bits per heavy atom. The van der Waals surface area contributed by atoms with Crippen molar-refractivity contribution in [1.82, 2.24) is 0 Å². The molecule has 0 radical (unpaired) electrons. The van der Waals surface area contributed by atoms with Crippen LogP contribution in [-0.2, 0) is 4.79 Å². The van der Waals surface area contributed by atoms with Crippen molar-refractivity contribution >= 4 is 17.4 Å². The third-order valence-corrected chi connectivity index (χ3v) is 3.05. The molecule has 1 aromatic rings. The van der Waals surface area contributed by atoms with Crippen molar-refractivity contribution in [3.8, 4) is 0 Å². The number of hydrogen-bond acceptors (Lipinski definition) is 2. The smallest absolute Gasteiger partial charge is 0.224 e. The van der Waals surface area contributed by atoms with Gasteiger partial charge in [-0.05, 0) is 36.8 Å². The predicted octanol–water partition coefficient (Wildman–Crippen LogP) is 4.29. The minimum Gasteiger partial charge on any atom is -0.326 e. The van der Waals surface area contributed by atoms with Crippen molar-refractivity contribution in [2.75, 3.05) is 5.32 Å². The Morgan fingerprint density at radius 1 is 1.25 bits per heavy atom. The van der Waals surface area contributed by atoms with Crippen LogP contribution in [0, 0.1) is 11.3 Å². The summed E-state index contributed by atoms with van der Waals surface area (Å²) in [5.74, 6) is 0.343. The van der Waals surface area contributed by atoms with Gasteiger partial charge >= 0.3 is 0 Å². The van der Waals surface area contributed by atoms with Crippen LogP contribution in [0.3, 0.4) is 0 Å². The summed E-state index contributed by atoms with van der Waals surface area (Å²) >= 11 is 0. The van der Waals surface area contributed by atoms with E-state index in [2.05, 4.69) is 33.0 Å². The van der Waals surface area contributed by atoms with Gasteiger partial charge in [-0.1, -0.05) is 39.8 Å². The van der Waals surface area contributed by atoms with E-state index in [0.717, 1.165) is 6.42 Å². The molecule has 1 aromatic carbocycles. The molecule has 0 saturated carbocycles. The third kappa shape index (κ3) is 6.00. The molecule has 0 fully saturated rings. The Hall–Kier alpha value is -1.64. The lowest BCUT2D eigenvalue weighted by Gasteiger charge is -2.22. The number of hydrogen-bond donors (Lipinski definition) is 1. The van der Waals surface area contributed by atoms with E-state index in [4.69, 9.17) is 0 Å². The zero-order valence-corrected chi connectivity index (χ0v) is 13.1. The van der Waals surface area contributed by atoms with Gasteiger partial charge in [0.1, 0.15) is 0 Å². The highest BCUT2D eigenvalue weighted by molar-refractivity contribution is 5.97. The van der Waals surface area contributed by atoms with Gasteiger partial charge in [0.25, 0.3) is 0 Å². The van der Waals surface area contributed by atoms with E-state index >= 15 is 0 Å². The van der Waals surface area contributed by atoms with Crippen molar-refractivity contribution in [2.45, 2.75) is 47.5 Å². The molecule has 0 spiro atoms.